The molecular formula is C26H27N5O3S. The molecule has 2 heterocycles. The molecule has 8 nitrogen and oxygen atoms in total. The minimum atomic E-state index is -0.248. The van der Waals surface area contributed by atoms with E-state index in [0.717, 1.165) is 16.9 Å². The van der Waals surface area contributed by atoms with Crippen molar-refractivity contribution in [1.29, 1.82) is 0 Å². The highest BCUT2D eigenvalue weighted by molar-refractivity contribution is 7.13. The van der Waals surface area contributed by atoms with Crippen LogP contribution in [0, 0.1) is 0 Å². The number of benzene rings is 2. The third-order valence-corrected chi connectivity index (χ3v) is 6.06. The summed E-state index contributed by atoms with van der Waals surface area (Å²) in [6, 6.07) is 20.5. The van der Waals surface area contributed by atoms with Crippen LogP contribution >= 0.6 is 11.3 Å². The third-order valence-electron chi connectivity index (χ3n) is 5.21. The Labute approximate surface area is 208 Å². The maximum absolute atomic E-state index is 12.9. The molecule has 0 aliphatic carbocycles. The van der Waals surface area contributed by atoms with E-state index in [1.54, 1.807) is 24.3 Å². The highest BCUT2D eigenvalue weighted by atomic mass is 32.1. The number of thiophene rings is 1. The predicted octanol–water partition coefficient (Wildman–Crippen LogP) is 4.58. The number of nitrogens with one attached hydrogen (secondary N) is 2. The summed E-state index contributed by atoms with van der Waals surface area (Å²) in [5, 5.41) is 16.0. The van der Waals surface area contributed by atoms with Gasteiger partial charge in [0.05, 0.1) is 29.2 Å². The van der Waals surface area contributed by atoms with Crippen molar-refractivity contribution in [3.05, 3.63) is 89.1 Å². The zero-order valence-electron chi connectivity index (χ0n) is 19.4. The first-order chi connectivity index (χ1) is 17.1. The SMILES string of the molecule is CCCN(CC(=O)Nc1ccccc1C(=O)NCc1ccccc1)Cc1nnc(-c2cccs2)o1. The quantitative estimate of drug-likeness (QED) is 0.320. The van der Waals surface area contributed by atoms with Crippen LogP contribution in [-0.2, 0) is 17.9 Å². The summed E-state index contributed by atoms with van der Waals surface area (Å²) in [5.41, 5.74) is 1.88. The van der Waals surface area contributed by atoms with E-state index in [9.17, 15) is 9.59 Å². The van der Waals surface area contributed by atoms with Crippen molar-refractivity contribution in [3.63, 3.8) is 0 Å². The number of amides is 2. The molecule has 2 aromatic heterocycles. The van der Waals surface area contributed by atoms with E-state index in [1.807, 2.05) is 59.7 Å². The maximum Gasteiger partial charge on any atom is 0.257 e. The number of carbonyl (C=O) groups excluding carboxylic acids is 2. The fraction of sp³-hybridized carbons (Fsp3) is 0.231. The number of aromatic nitrogens is 2. The normalized spacial score (nSPS) is 10.9. The number of rotatable bonds is 11. The van der Waals surface area contributed by atoms with Gasteiger partial charge in [0.25, 0.3) is 11.8 Å². The van der Waals surface area contributed by atoms with Crippen LogP contribution in [0.25, 0.3) is 10.8 Å². The Kier molecular flexibility index (Phi) is 8.37. The van der Waals surface area contributed by atoms with Crippen LogP contribution in [0.4, 0.5) is 5.69 Å². The van der Waals surface area contributed by atoms with Crippen molar-refractivity contribution < 1.29 is 14.0 Å². The minimum absolute atomic E-state index is 0.129. The van der Waals surface area contributed by atoms with Gasteiger partial charge in [0, 0.05) is 6.54 Å². The lowest BCUT2D eigenvalue weighted by atomic mass is 10.1. The van der Waals surface area contributed by atoms with E-state index in [4.69, 9.17) is 4.42 Å². The largest absolute Gasteiger partial charge is 0.419 e. The Morgan fingerprint density at radius 1 is 1.00 bits per heavy atom. The van der Waals surface area contributed by atoms with Gasteiger partial charge in [-0.3, -0.25) is 14.5 Å². The predicted molar refractivity (Wildman–Crippen MR) is 136 cm³/mol. The average molecular weight is 490 g/mol. The number of anilines is 1. The Bertz CT molecular complexity index is 1240. The summed E-state index contributed by atoms with van der Waals surface area (Å²) in [6.07, 6.45) is 0.859. The summed E-state index contributed by atoms with van der Waals surface area (Å²) < 4.78 is 5.78. The molecule has 4 rings (SSSR count). The second-order valence-corrected chi connectivity index (χ2v) is 8.90. The highest BCUT2D eigenvalue weighted by Gasteiger charge is 2.18. The molecule has 0 unspecified atom stereocenters. The van der Waals surface area contributed by atoms with Crippen molar-refractivity contribution in [2.24, 2.45) is 0 Å². The average Bonchev–Trinajstić information content (AvgIpc) is 3.56. The summed E-state index contributed by atoms with van der Waals surface area (Å²) >= 11 is 1.53. The number of nitrogens with zero attached hydrogens (tertiary/aromatic N) is 3. The second kappa shape index (κ2) is 12.0. The van der Waals surface area contributed by atoms with Crippen molar-refractivity contribution in [1.82, 2.24) is 20.4 Å². The molecule has 35 heavy (non-hydrogen) atoms. The van der Waals surface area contributed by atoms with Gasteiger partial charge in [-0.05, 0) is 42.1 Å². The second-order valence-electron chi connectivity index (χ2n) is 7.95. The molecule has 4 aromatic rings. The fourth-order valence-electron chi connectivity index (χ4n) is 3.60. The lowest BCUT2D eigenvalue weighted by Gasteiger charge is -2.19. The molecule has 0 spiro atoms. The van der Waals surface area contributed by atoms with Gasteiger partial charge < -0.3 is 15.1 Å². The molecule has 0 saturated heterocycles. The molecule has 0 fully saturated rings. The Morgan fingerprint density at radius 2 is 1.80 bits per heavy atom. The molecule has 9 heteroatoms. The van der Waals surface area contributed by atoms with Crippen LogP contribution < -0.4 is 10.6 Å². The van der Waals surface area contributed by atoms with E-state index in [2.05, 4.69) is 20.8 Å². The molecule has 2 aromatic carbocycles. The van der Waals surface area contributed by atoms with E-state index >= 15 is 0 Å². The molecule has 2 amide bonds. The van der Waals surface area contributed by atoms with Gasteiger partial charge in [-0.25, -0.2) is 0 Å². The van der Waals surface area contributed by atoms with Gasteiger partial charge in [-0.1, -0.05) is 55.5 Å². The van der Waals surface area contributed by atoms with Crippen molar-refractivity contribution in [2.45, 2.75) is 26.4 Å². The van der Waals surface area contributed by atoms with E-state index < -0.39 is 0 Å². The molecular weight excluding hydrogens is 462 g/mol. The summed E-state index contributed by atoms with van der Waals surface area (Å²) in [7, 11) is 0. The molecule has 180 valence electrons. The van der Waals surface area contributed by atoms with Gasteiger partial charge in [0.2, 0.25) is 11.8 Å². The van der Waals surface area contributed by atoms with Crippen molar-refractivity contribution in [2.75, 3.05) is 18.4 Å². The van der Waals surface area contributed by atoms with Crippen molar-refractivity contribution in [3.8, 4) is 10.8 Å². The van der Waals surface area contributed by atoms with Gasteiger partial charge in [-0.2, -0.15) is 0 Å². The number of hydrogen-bond acceptors (Lipinski definition) is 7. The summed E-state index contributed by atoms with van der Waals surface area (Å²) in [5.74, 6) is 0.462. The summed E-state index contributed by atoms with van der Waals surface area (Å²) in [6.45, 7) is 3.62. The standard InChI is InChI=1S/C26H27N5O3S/c1-2-14-31(18-24-29-30-26(34-24)22-13-8-15-35-22)17-23(32)28-21-12-7-6-11-20(21)25(33)27-16-19-9-4-3-5-10-19/h3-13,15H,2,14,16-18H2,1H3,(H,27,33)(H,28,32). The minimum Gasteiger partial charge on any atom is -0.419 e. The van der Waals surface area contributed by atoms with Crippen LogP contribution in [0.2, 0.25) is 0 Å². The van der Waals surface area contributed by atoms with Gasteiger partial charge in [0.1, 0.15) is 0 Å². The topological polar surface area (TPSA) is 100 Å². The van der Waals surface area contributed by atoms with Gasteiger partial charge >= 0.3 is 0 Å². The molecule has 2 N–H and O–H groups in total. The van der Waals surface area contributed by atoms with Crippen LogP contribution in [0.5, 0.6) is 0 Å². The molecule has 0 atom stereocenters. The van der Waals surface area contributed by atoms with E-state index in [1.165, 1.54) is 11.3 Å². The Morgan fingerprint density at radius 3 is 2.57 bits per heavy atom. The Balaban J connectivity index is 1.37. The summed E-state index contributed by atoms with van der Waals surface area (Å²) in [4.78, 5) is 28.5. The van der Waals surface area contributed by atoms with Crippen LogP contribution in [0.1, 0.15) is 35.2 Å². The number of carbonyl (C=O) groups is 2. The molecule has 0 aliphatic rings. The first-order valence-corrected chi connectivity index (χ1v) is 12.3. The molecule has 0 bridgehead atoms. The van der Waals surface area contributed by atoms with Crippen molar-refractivity contribution >= 4 is 28.8 Å². The van der Waals surface area contributed by atoms with Gasteiger partial charge in [-0.15, -0.1) is 21.5 Å². The number of para-hydroxylation sites is 1. The molecule has 0 saturated carbocycles. The van der Waals surface area contributed by atoms with E-state index in [-0.39, 0.29) is 18.4 Å². The first kappa shape index (κ1) is 24.3. The third kappa shape index (κ3) is 6.84. The maximum atomic E-state index is 12.9. The number of hydrogen-bond donors (Lipinski definition) is 2. The highest BCUT2D eigenvalue weighted by Crippen LogP contribution is 2.23. The first-order valence-electron chi connectivity index (χ1n) is 11.4. The van der Waals surface area contributed by atoms with Crippen LogP contribution in [-0.4, -0.2) is 40.0 Å². The monoisotopic (exact) mass is 489 g/mol. The van der Waals surface area contributed by atoms with Gasteiger partial charge in [0.15, 0.2) is 0 Å². The van der Waals surface area contributed by atoms with Crippen LogP contribution in [0.15, 0.2) is 76.5 Å². The molecule has 0 radical (unpaired) electrons. The van der Waals surface area contributed by atoms with Crippen LogP contribution in [0.3, 0.4) is 0 Å². The fourth-order valence-corrected chi connectivity index (χ4v) is 4.24. The Hall–Kier alpha value is -3.82. The molecule has 0 aliphatic heterocycles. The smallest absolute Gasteiger partial charge is 0.257 e. The lowest BCUT2D eigenvalue weighted by molar-refractivity contribution is -0.117. The zero-order chi connectivity index (χ0) is 24.5. The lowest BCUT2D eigenvalue weighted by Crippen LogP contribution is -2.34. The van der Waals surface area contributed by atoms with E-state index in [0.29, 0.717) is 42.7 Å². The zero-order valence-corrected chi connectivity index (χ0v) is 20.3.